The molecule has 3 aliphatic rings. The Morgan fingerprint density at radius 3 is 2.38 bits per heavy atom. The molecule has 0 N–H and O–H groups in total. The Kier molecular flexibility index (Phi) is 9.29. The molecule has 0 aromatic heterocycles. The highest BCUT2D eigenvalue weighted by molar-refractivity contribution is 5.96. The molecule has 188 valence electrons. The third-order valence-electron chi connectivity index (χ3n) is 8.26. The van der Waals surface area contributed by atoms with Gasteiger partial charge in [-0.15, -0.1) is 0 Å². The second kappa shape index (κ2) is 12.6. The van der Waals surface area contributed by atoms with E-state index in [0.29, 0.717) is 23.6 Å². The fourth-order valence-electron chi connectivity index (χ4n) is 6.19. The number of fused-ring (bicyclic) bond motifs is 2. The molecule has 0 radical (unpaired) electrons. The molecular formula is C29H44N2O3. The van der Waals surface area contributed by atoms with Crippen molar-refractivity contribution in [1.29, 1.82) is 0 Å². The number of ether oxygens (including phenoxy) is 1. The fraction of sp³-hybridized carbons (Fsp3) is 0.724. The van der Waals surface area contributed by atoms with Crippen LogP contribution in [0.4, 0.5) is 0 Å². The first-order chi connectivity index (χ1) is 16.6. The maximum absolute atomic E-state index is 13.6. The maximum atomic E-state index is 13.6. The molecule has 1 aliphatic heterocycles. The van der Waals surface area contributed by atoms with Crippen LogP contribution in [0, 0.1) is 5.92 Å². The van der Waals surface area contributed by atoms with Crippen molar-refractivity contribution in [2.45, 2.75) is 108 Å². The molecule has 1 aromatic carbocycles. The predicted molar refractivity (Wildman–Crippen MR) is 136 cm³/mol. The van der Waals surface area contributed by atoms with Crippen LogP contribution in [0.1, 0.15) is 107 Å². The molecule has 2 saturated carbocycles. The number of para-hydroxylation sites is 1. The van der Waals surface area contributed by atoms with Gasteiger partial charge in [-0.25, -0.2) is 0 Å². The molecule has 34 heavy (non-hydrogen) atoms. The number of amides is 2. The predicted octanol–water partition coefficient (Wildman–Crippen LogP) is 6.21. The first kappa shape index (κ1) is 25.1. The maximum Gasteiger partial charge on any atom is 0.257 e. The highest BCUT2D eigenvalue weighted by Gasteiger charge is 2.35. The molecule has 0 unspecified atom stereocenters. The van der Waals surface area contributed by atoms with Gasteiger partial charge in [-0.2, -0.15) is 0 Å². The molecule has 5 heteroatoms. The summed E-state index contributed by atoms with van der Waals surface area (Å²) in [4.78, 5) is 30.8. The lowest BCUT2D eigenvalue weighted by atomic mass is 9.90. The van der Waals surface area contributed by atoms with Gasteiger partial charge in [0.2, 0.25) is 5.91 Å². The number of hydrogen-bond donors (Lipinski definition) is 0. The largest absolute Gasteiger partial charge is 0.487 e. The molecule has 4 rings (SSSR count). The summed E-state index contributed by atoms with van der Waals surface area (Å²) >= 11 is 0. The van der Waals surface area contributed by atoms with Crippen molar-refractivity contribution in [2.24, 2.45) is 5.92 Å². The van der Waals surface area contributed by atoms with E-state index in [4.69, 9.17) is 4.74 Å². The minimum absolute atomic E-state index is 0.0299. The van der Waals surface area contributed by atoms with Crippen LogP contribution in [0.2, 0.25) is 0 Å². The molecule has 2 fully saturated rings. The van der Waals surface area contributed by atoms with Gasteiger partial charge in [0.1, 0.15) is 11.9 Å². The van der Waals surface area contributed by atoms with Gasteiger partial charge in [-0.1, -0.05) is 63.5 Å². The van der Waals surface area contributed by atoms with Crippen LogP contribution in [0.3, 0.4) is 0 Å². The van der Waals surface area contributed by atoms with E-state index >= 15 is 0 Å². The molecule has 0 bridgehead atoms. The first-order valence-corrected chi connectivity index (χ1v) is 13.9. The van der Waals surface area contributed by atoms with Gasteiger partial charge < -0.3 is 14.5 Å². The minimum atomic E-state index is -0.0476. The third kappa shape index (κ3) is 6.55. The summed E-state index contributed by atoms with van der Waals surface area (Å²) in [6.45, 7) is 1.61. The average Bonchev–Trinajstić information content (AvgIpc) is 3.38. The van der Waals surface area contributed by atoms with Crippen LogP contribution in [0.5, 0.6) is 5.75 Å². The van der Waals surface area contributed by atoms with E-state index in [0.717, 1.165) is 83.2 Å². The second-order valence-electron chi connectivity index (χ2n) is 10.8. The topological polar surface area (TPSA) is 49.9 Å². The van der Waals surface area contributed by atoms with E-state index in [1.54, 1.807) is 0 Å². The SMILES string of the molecule is CN1CCCCCCCN(C(=O)CCC2CCCC2)[C@@H]2CCCC[C@@H]2Oc2ccccc2C1=O. The standard InChI is InChI=1S/C29H44N2O3/c1-30-21-11-3-2-4-12-22-31(28(32)20-19-23-13-5-6-14-23)25-16-8-10-18-27(25)34-26-17-9-7-15-24(26)29(30)33/h7,9,15,17,23,25,27H,2-6,8,10-14,16,18-22H2,1H3/t25-,27+/m1/s1. The summed E-state index contributed by atoms with van der Waals surface area (Å²) in [6.07, 6.45) is 16.6. The van der Waals surface area contributed by atoms with Crippen molar-refractivity contribution in [3.63, 3.8) is 0 Å². The van der Waals surface area contributed by atoms with Gasteiger partial charge in [0.15, 0.2) is 0 Å². The van der Waals surface area contributed by atoms with Crippen LogP contribution in [-0.2, 0) is 4.79 Å². The van der Waals surface area contributed by atoms with E-state index in [2.05, 4.69) is 4.90 Å². The number of benzene rings is 1. The van der Waals surface area contributed by atoms with Gasteiger partial charge in [0.25, 0.3) is 5.91 Å². The second-order valence-corrected chi connectivity index (χ2v) is 10.8. The third-order valence-corrected chi connectivity index (χ3v) is 8.26. The minimum Gasteiger partial charge on any atom is -0.487 e. The van der Waals surface area contributed by atoms with Gasteiger partial charge in [-0.3, -0.25) is 9.59 Å². The Labute approximate surface area is 206 Å². The Morgan fingerprint density at radius 1 is 0.882 bits per heavy atom. The number of hydrogen-bond acceptors (Lipinski definition) is 3. The summed E-state index contributed by atoms with van der Waals surface area (Å²) in [5, 5.41) is 0. The molecule has 0 spiro atoms. The molecule has 1 heterocycles. The first-order valence-electron chi connectivity index (χ1n) is 13.9. The molecule has 2 aliphatic carbocycles. The average molecular weight is 469 g/mol. The van der Waals surface area contributed by atoms with E-state index in [9.17, 15) is 9.59 Å². The highest BCUT2D eigenvalue weighted by Crippen LogP contribution is 2.32. The van der Waals surface area contributed by atoms with Crippen molar-refractivity contribution >= 4 is 11.8 Å². The lowest BCUT2D eigenvalue weighted by Crippen LogP contribution is -2.51. The quantitative estimate of drug-likeness (QED) is 0.530. The lowest BCUT2D eigenvalue weighted by molar-refractivity contribution is -0.137. The van der Waals surface area contributed by atoms with Crippen LogP contribution in [0.15, 0.2) is 24.3 Å². The van der Waals surface area contributed by atoms with Crippen molar-refractivity contribution in [3.05, 3.63) is 29.8 Å². The smallest absolute Gasteiger partial charge is 0.257 e. The Balaban J connectivity index is 1.55. The molecule has 2 amide bonds. The van der Waals surface area contributed by atoms with Crippen LogP contribution < -0.4 is 4.74 Å². The molecular weight excluding hydrogens is 424 g/mol. The number of nitrogens with zero attached hydrogens (tertiary/aromatic N) is 2. The van der Waals surface area contributed by atoms with Gasteiger partial charge >= 0.3 is 0 Å². The Morgan fingerprint density at radius 2 is 1.56 bits per heavy atom. The summed E-state index contributed by atoms with van der Waals surface area (Å²) in [5.74, 6) is 1.76. The Bertz CT molecular complexity index is 804. The molecule has 5 nitrogen and oxygen atoms in total. The van der Waals surface area contributed by atoms with Crippen LogP contribution in [-0.4, -0.2) is 53.9 Å². The van der Waals surface area contributed by atoms with E-state index in [1.807, 2.05) is 36.2 Å². The van der Waals surface area contributed by atoms with Gasteiger partial charge in [-0.05, 0) is 56.6 Å². The lowest BCUT2D eigenvalue weighted by Gasteiger charge is -2.40. The molecule has 0 saturated heterocycles. The zero-order valence-corrected chi connectivity index (χ0v) is 21.2. The summed E-state index contributed by atoms with van der Waals surface area (Å²) < 4.78 is 6.61. The number of carbonyl (C=O) groups is 2. The summed E-state index contributed by atoms with van der Waals surface area (Å²) in [7, 11) is 1.89. The highest BCUT2D eigenvalue weighted by atomic mass is 16.5. The Hall–Kier alpha value is -2.04. The van der Waals surface area contributed by atoms with Crippen molar-refractivity contribution in [3.8, 4) is 5.75 Å². The normalized spacial score (nSPS) is 25.6. The molecule has 2 atom stereocenters. The fourth-order valence-corrected chi connectivity index (χ4v) is 6.19. The summed E-state index contributed by atoms with van der Waals surface area (Å²) in [6, 6.07) is 7.78. The van der Waals surface area contributed by atoms with Gasteiger partial charge in [0.05, 0.1) is 11.6 Å². The zero-order chi connectivity index (χ0) is 23.8. The van der Waals surface area contributed by atoms with E-state index in [1.165, 1.54) is 25.7 Å². The number of rotatable bonds is 3. The van der Waals surface area contributed by atoms with Gasteiger partial charge in [0, 0.05) is 26.6 Å². The summed E-state index contributed by atoms with van der Waals surface area (Å²) in [5.41, 5.74) is 0.642. The van der Waals surface area contributed by atoms with Crippen molar-refractivity contribution in [2.75, 3.05) is 20.1 Å². The van der Waals surface area contributed by atoms with Crippen molar-refractivity contribution in [1.82, 2.24) is 9.80 Å². The molecule has 1 aromatic rings. The van der Waals surface area contributed by atoms with Crippen molar-refractivity contribution < 1.29 is 14.3 Å². The monoisotopic (exact) mass is 468 g/mol. The van der Waals surface area contributed by atoms with E-state index < -0.39 is 0 Å². The van der Waals surface area contributed by atoms with E-state index in [-0.39, 0.29) is 18.1 Å². The zero-order valence-electron chi connectivity index (χ0n) is 21.2. The number of carbonyl (C=O) groups excluding carboxylic acids is 2. The van der Waals surface area contributed by atoms with Crippen LogP contribution in [0.25, 0.3) is 0 Å². The van der Waals surface area contributed by atoms with Crippen LogP contribution >= 0.6 is 0 Å².